The lowest BCUT2D eigenvalue weighted by Crippen LogP contribution is -2.55. The molecule has 3 heterocycles. The minimum absolute atomic E-state index is 0.179. The van der Waals surface area contributed by atoms with Gasteiger partial charge in [-0.25, -0.2) is 8.78 Å². The Kier molecular flexibility index (Phi) is 4.85. The molecule has 1 N–H and O–H groups in total. The molecule has 2 saturated heterocycles. The SMILES string of the molecule is Cc1c(C(=O)N2C[C@@H](c3ccc(F)c(F)c3)[C@@]3(COCCC(=O)N3)C2)cnn1C. The summed E-state index contributed by atoms with van der Waals surface area (Å²) in [5.74, 6) is -2.77. The van der Waals surface area contributed by atoms with E-state index in [-0.39, 0.29) is 44.5 Å². The van der Waals surface area contributed by atoms with Gasteiger partial charge < -0.3 is 15.0 Å². The first-order valence-electron chi connectivity index (χ1n) is 9.42. The third-order valence-electron chi connectivity index (χ3n) is 5.86. The fraction of sp³-hybridized carbons (Fsp3) is 0.450. The maximum absolute atomic E-state index is 13.9. The van der Waals surface area contributed by atoms with Gasteiger partial charge in [0.15, 0.2) is 11.6 Å². The molecule has 0 aliphatic carbocycles. The molecule has 4 rings (SSSR count). The van der Waals surface area contributed by atoms with E-state index in [1.54, 1.807) is 23.6 Å². The Morgan fingerprint density at radius 3 is 2.83 bits per heavy atom. The van der Waals surface area contributed by atoms with Crippen LogP contribution in [0, 0.1) is 18.6 Å². The van der Waals surface area contributed by atoms with E-state index in [0.717, 1.165) is 17.8 Å². The van der Waals surface area contributed by atoms with Crippen molar-refractivity contribution in [1.29, 1.82) is 0 Å². The number of ether oxygens (including phenoxy) is 1. The minimum atomic E-state index is -0.966. The molecular formula is C20H22F2N4O3. The zero-order valence-corrected chi connectivity index (χ0v) is 16.2. The summed E-state index contributed by atoms with van der Waals surface area (Å²) in [7, 11) is 1.75. The Morgan fingerprint density at radius 2 is 2.14 bits per heavy atom. The number of carbonyl (C=O) groups is 2. The van der Waals surface area contributed by atoms with Gasteiger partial charge in [0.1, 0.15) is 0 Å². The van der Waals surface area contributed by atoms with Crippen LogP contribution in [0.4, 0.5) is 8.78 Å². The van der Waals surface area contributed by atoms with Crippen molar-refractivity contribution >= 4 is 11.8 Å². The lowest BCUT2D eigenvalue weighted by atomic mass is 9.82. The molecule has 2 aliphatic rings. The van der Waals surface area contributed by atoms with Crippen LogP contribution in [0.3, 0.4) is 0 Å². The highest BCUT2D eigenvalue weighted by Gasteiger charge is 2.51. The van der Waals surface area contributed by atoms with Gasteiger partial charge in [-0.3, -0.25) is 14.3 Å². The number of rotatable bonds is 2. The Balaban J connectivity index is 1.72. The summed E-state index contributed by atoms with van der Waals surface area (Å²) in [6.07, 6.45) is 1.72. The third kappa shape index (κ3) is 3.39. The Morgan fingerprint density at radius 1 is 1.34 bits per heavy atom. The number of amides is 2. The molecule has 0 radical (unpaired) electrons. The van der Waals surface area contributed by atoms with E-state index >= 15 is 0 Å². The van der Waals surface area contributed by atoms with E-state index in [9.17, 15) is 18.4 Å². The van der Waals surface area contributed by atoms with Gasteiger partial charge >= 0.3 is 0 Å². The minimum Gasteiger partial charge on any atom is -0.378 e. The van der Waals surface area contributed by atoms with Crippen molar-refractivity contribution in [1.82, 2.24) is 20.0 Å². The van der Waals surface area contributed by atoms with E-state index in [1.165, 1.54) is 12.3 Å². The predicted octanol–water partition coefficient (Wildman–Crippen LogP) is 1.52. The first-order chi connectivity index (χ1) is 13.8. The number of likely N-dealkylation sites (tertiary alicyclic amines) is 1. The zero-order valence-electron chi connectivity index (χ0n) is 16.2. The van der Waals surface area contributed by atoms with Crippen LogP contribution < -0.4 is 5.32 Å². The average Bonchev–Trinajstić information content (AvgIpc) is 3.14. The summed E-state index contributed by atoms with van der Waals surface area (Å²) in [4.78, 5) is 27.1. The average molecular weight is 404 g/mol. The van der Waals surface area contributed by atoms with Crippen LogP contribution in [0.5, 0.6) is 0 Å². The number of aromatic nitrogens is 2. The molecule has 1 aromatic heterocycles. The van der Waals surface area contributed by atoms with Crippen LogP contribution in [0.25, 0.3) is 0 Å². The number of halogens is 2. The van der Waals surface area contributed by atoms with Gasteiger partial charge in [0.05, 0.1) is 30.5 Å². The van der Waals surface area contributed by atoms with Gasteiger partial charge in [-0.2, -0.15) is 5.10 Å². The lowest BCUT2D eigenvalue weighted by molar-refractivity contribution is -0.122. The Bertz CT molecular complexity index is 977. The second-order valence-electron chi connectivity index (χ2n) is 7.69. The van der Waals surface area contributed by atoms with Crippen molar-refractivity contribution < 1.29 is 23.1 Å². The molecule has 9 heteroatoms. The lowest BCUT2D eigenvalue weighted by Gasteiger charge is -2.33. The van der Waals surface area contributed by atoms with E-state index in [0.29, 0.717) is 11.1 Å². The van der Waals surface area contributed by atoms with E-state index in [2.05, 4.69) is 10.4 Å². The highest BCUT2D eigenvalue weighted by molar-refractivity contribution is 5.95. The number of hydrogen-bond acceptors (Lipinski definition) is 4. The number of benzene rings is 1. The smallest absolute Gasteiger partial charge is 0.257 e. The number of carbonyl (C=O) groups excluding carboxylic acids is 2. The van der Waals surface area contributed by atoms with Crippen LogP contribution in [0.1, 0.15) is 34.0 Å². The highest BCUT2D eigenvalue weighted by atomic mass is 19.2. The first kappa shape index (κ1) is 19.5. The van der Waals surface area contributed by atoms with Crippen LogP contribution in [0.15, 0.2) is 24.4 Å². The topological polar surface area (TPSA) is 76.5 Å². The predicted molar refractivity (Wildman–Crippen MR) is 99.3 cm³/mol. The number of nitrogens with zero attached hydrogens (tertiary/aromatic N) is 3. The molecule has 1 aromatic carbocycles. The molecule has 154 valence electrons. The molecule has 1 spiro atoms. The maximum atomic E-state index is 13.9. The first-order valence-corrected chi connectivity index (χ1v) is 9.42. The fourth-order valence-corrected chi connectivity index (χ4v) is 4.17. The van der Waals surface area contributed by atoms with Gasteiger partial charge in [-0.1, -0.05) is 6.07 Å². The molecule has 0 unspecified atom stereocenters. The number of hydrogen-bond donors (Lipinski definition) is 1. The van der Waals surface area contributed by atoms with Gasteiger partial charge in [0.25, 0.3) is 5.91 Å². The van der Waals surface area contributed by atoms with Crippen molar-refractivity contribution in [2.24, 2.45) is 7.05 Å². The Labute approximate surface area is 166 Å². The van der Waals surface area contributed by atoms with Crippen LogP contribution in [-0.4, -0.2) is 58.3 Å². The van der Waals surface area contributed by atoms with E-state index in [1.807, 2.05) is 0 Å². The summed E-state index contributed by atoms with van der Waals surface area (Å²) in [5, 5.41) is 7.12. The molecule has 2 fully saturated rings. The summed E-state index contributed by atoms with van der Waals surface area (Å²) >= 11 is 0. The normalized spacial score (nSPS) is 24.6. The van der Waals surface area contributed by atoms with Gasteiger partial charge in [-0.05, 0) is 24.6 Å². The van der Waals surface area contributed by atoms with Crippen molar-refractivity contribution in [2.45, 2.75) is 24.8 Å². The summed E-state index contributed by atoms with van der Waals surface area (Å²) in [6.45, 7) is 2.69. The van der Waals surface area contributed by atoms with Crippen LogP contribution in [0.2, 0.25) is 0 Å². The summed E-state index contributed by atoms with van der Waals surface area (Å²) in [6, 6.07) is 3.68. The van der Waals surface area contributed by atoms with Crippen LogP contribution >= 0.6 is 0 Å². The second kappa shape index (κ2) is 7.22. The van der Waals surface area contributed by atoms with Crippen molar-refractivity contribution in [3.8, 4) is 0 Å². The number of aryl methyl sites for hydroxylation is 1. The molecule has 2 aliphatic heterocycles. The summed E-state index contributed by atoms with van der Waals surface area (Å²) < 4.78 is 34.7. The standard InChI is InChI=1S/C20H22F2N4O3/c1-12-14(8-23-25(12)2)19(28)26-9-15(13-3-4-16(21)17(22)7-13)20(10-26)11-29-6-5-18(27)24-20/h3-4,7-8,15H,5-6,9-11H2,1-2H3,(H,24,27)/t15-,20-/m0/s1. The van der Waals surface area contributed by atoms with Crippen molar-refractivity contribution in [2.75, 3.05) is 26.3 Å². The van der Waals surface area contributed by atoms with Crippen molar-refractivity contribution in [3.63, 3.8) is 0 Å². The quantitative estimate of drug-likeness (QED) is 0.824. The van der Waals surface area contributed by atoms with Crippen LogP contribution in [-0.2, 0) is 16.6 Å². The highest BCUT2D eigenvalue weighted by Crippen LogP contribution is 2.38. The molecule has 2 atom stereocenters. The molecule has 29 heavy (non-hydrogen) atoms. The summed E-state index contributed by atoms with van der Waals surface area (Å²) in [5.41, 5.74) is 0.785. The molecule has 2 amide bonds. The zero-order chi connectivity index (χ0) is 20.8. The van der Waals surface area contributed by atoms with Crippen molar-refractivity contribution in [3.05, 3.63) is 52.9 Å². The van der Waals surface area contributed by atoms with Gasteiger partial charge in [0.2, 0.25) is 5.91 Å². The third-order valence-corrected chi connectivity index (χ3v) is 5.86. The second-order valence-corrected chi connectivity index (χ2v) is 7.69. The van der Waals surface area contributed by atoms with E-state index in [4.69, 9.17) is 4.74 Å². The molecule has 0 saturated carbocycles. The van der Waals surface area contributed by atoms with Gasteiger partial charge in [0, 0.05) is 38.2 Å². The van der Waals surface area contributed by atoms with Gasteiger partial charge in [-0.15, -0.1) is 0 Å². The fourth-order valence-electron chi connectivity index (χ4n) is 4.17. The maximum Gasteiger partial charge on any atom is 0.257 e. The molecule has 0 bridgehead atoms. The monoisotopic (exact) mass is 404 g/mol. The molecule has 2 aromatic rings. The molecule has 7 nitrogen and oxygen atoms in total. The van der Waals surface area contributed by atoms with E-state index < -0.39 is 23.1 Å². The largest absolute Gasteiger partial charge is 0.378 e. The number of nitrogens with one attached hydrogen (secondary N) is 1. The Hall–Kier alpha value is -2.81. The molecular weight excluding hydrogens is 382 g/mol.